The van der Waals surface area contributed by atoms with Crippen molar-refractivity contribution in [1.29, 1.82) is 0 Å². The lowest BCUT2D eigenvalue weighted by atomic mass is 10.1. The number of hydrogen-bond donors (Lipinski definition) is 1. The third-order valence-electron chi connectivity index (χ3n) is 4.70. The van der Waals surface area contributed by atoms with E-state index >= 15 is 0 Å². The molecule has 6 heteroatoms. The molecular formula is C23H29ClN2O3. The second-order valence-electron chi connectivity index (χ2n) is 6.75. The van der Waals surface area contributed by atoms with Crippen LogP contribution in [0.4, 0.5) is 0 Å². The van der Waals surface area contributed by atoms with Gasteiger partial charge in [0, 0.05) is 18.1 Å². The van der Waals surface area contributed by atoms with Crippen LogP contribution in [0.15, 0.2) is 48.5 Å². The molecule has 0 unspecified atom stereocenters. The number of carbonyl (C=O) groups excluding carboxylic acids is 2. The fourth-order valence-electron chi connectivity index (χ4n) is 3.05. The summed E-state index contributed by atoms with van der Waals surface area (Å²) in [4.78, 5) is 27.1. The van der Waals surface area contributed by atoms with E-state index in [0.717, 1.165) is 12.0 Å². The minimum Gasteiger partial charge on any atom is -0.484 e. The van der Waals surface area contributed by atoms with Crippen molar-refractivity contribution in [3.63, 3.8) is 0 Å². The highest BCUT2D eigenvalue weighted by molar-refractivity contribution is 6.30. The first-order valence-corrected chi connectivity index (χ1v) is 10.4. The van der Waals surface area contributed by atoms with Crippen LogP contribution in [0.2, 0.25) is 5.02 Å². The summed E-state index contributed by atoms with van der Waals surface area (Å²) in [6.07, 6.45) is 1.45. The maximum absolute atomic E-state index is 13.0. The van der Waals surface area contributed by atoms with Crippen LogP contribution in [0, 0.1) is 0 Å². The van der Waals surface area contributed by atoms with Crippen LogP contribution in [-0.2, 0) is 22.6 Å². The van der Waals surface area contributed by atoms with Gasteiger partial charge in [-0.3, -0.25) is 9.59 Å². The number of nitrogens with zero attached hydrogens (tertiary/aromatic N) is 1. The lowest BCUT2D eigenvalue weighted by Crippen LogP contribution is -2.50. The molecule has 0 fully saturated rings. The summed E-state index contributed by atoms with van der Waals surface area (Å²) in [5.41, 5.74) is 2.10. The van der Waals surface area contributed by atoms with Crippen molar-refractivity contribution in [2.75, 3.05) is 13.2 Å². The van der Waals surface area contributed by atoms with E-state index in [0.29, 0.717) is 30.3 Å². The Hall–Kier alpha value is -2.53. The first kappa shape index (κ1) is 22.8. The molecule has 1 atom stereocenters. The molecule has 0 saturated carbocycles. The van der Waals surface area contributed by atoms with Gasteiger partial charge in [0.15, 0.2) is 6.61 Å². The quantitative estimate of drug-likeness (QED) is 0.630. The van der Waals surface area contributed by atoms with Gasteiger partial charge in [-0.1, -0.05) is 49.7 Å². The summed E-state index contributed by atoms with van der Waals surface area (Å²) in [6.45, 7) is 6.53. The molecule has 0 spiro atoms. The molecule has 2 amide bonds. The third kappa shape index (κ3) is 6.79. The molecule has 1 N–H and O–H groups in total. The molecule has 2 rings (SSSR count). The molecule has 0 saturated heterocycles. The van der Waals surface area contributed by atoms with Crippen LogP contribution in [0.5, 0.6) is 5.75 Å². The van der Waals surface area contributed by atoms with E-state index in [1.807, 2.05) is 50.2 Å². The summed E-state index contributed by atoms with van der Waals surface area (Å²) in [5.74, 6) is 0.232. The van der Waals surface area contributed by atoms with Gasteiger partial charge in [-0.25, -0.2) is 0 Å². The largest absolute Gasteiger partial charge is 0.484 e. The zero-order chi connectivity index (χ0) is 21.2. The number of aryl methyl sites for hydroxylation is 1. The maximum Gasteiger partial charge on any atom is 0.261 e. The molecule has 2 aromatic rings. The molecule has 29 heavy (non-hydrogen) atoms. The number of carbonyl (C=O) groups is 2. The van der Waals surface area contributed by atoms with E-state index in [9.17, 15) is 9.59 Å². The van der Waals surface area contributed by atoms with Gasteiger partial charge in [0.2, 0.25) is 5.91 Å². The van der Waals surface area contributed by atoms with E-state index in [1.165, 1.54) is 5.56 Å². The number of hydrogen-bond acceptors (Lipinski definition) is 3. The lowest BCUT2D eigenvalue weighted by Gasteiger charge is -2.30. The topological polar surface area (TPSA) is 58.6 Å². The number of ether oxygens (including phenoxy) is 1. The second-order valence-corrected chi connectivity index (χ2v) is 7.19. The van der Waals surface area contributed by atoms with Crippen molar-refractivity contribution < 1.29 is 14.3 Å². The van der Waals surface area contributed by atoms with E-state index in [2.05, 4.69) is 12.2 Å². The Kier molecular flexibility index (Phi) is 9.00. The Bertz CT molecular complexity index is 791. The van der Waals surface area contributed by atoms with Gasteiger partial charge in [-0.15, -0.1) is 0 Å². The zero-order valence-electron chi connectivity index (χ0n) is 17.3. The minimum absolute atomic E-state index is 0.130. The fourth-order valence-corrected chi connectivity index (χ4v) is 3.17. The van der Waals surface area contributed by atoms with Crippen LogP contribution in [0.25, 0.3) is 0 Å². The van der Waals surface area contributed by atoms with Crippen molar-refractivity contribution in [2.45, 2.75) is 46.2 Å². The summed E-state index contributed by atoms with van der Waals surface area (Å²) in [5, 5.41) is 3.44. The number of amides is 2. The van der Waals surface area contributed by atoms with Crippen molar-refractivity contribution >= 4 is 23.4 Å². The molecule has 0 radical (unpaired) electrons. The molecular weight excluding hydrogens is 388 g/mol. The van der Waals surface area contributed by atoms with Crippen molar-refractivity contribution in [2.24, 2.45) is 0 Å². The highest BCUT2D eigenvalue weighted by Crippen LogP contribution is 2.17. The van der Waals surface area contributed by atoms with Crippen molar-refractivity contribution in [3.8, 4) is 5.75 Å². The summed E-state index contributed by atoms with van der Waals surface area (Å²) >= 11 is 5.97. The molecule has 0 aliphatic rings. The minimum atomic E-state index is -0.566. The molecule has 5 nitrogen and oxygen atoms in total. The van der Waals surface area contributed by atoms with Gasteiger partial charge in [0.25, 0.3) is 5.91 Å². The molecule has 0 aromatic heterocycles. The molecule has 0 bridgehead atoms. The fraction of sp³-hybridized carbons (Fsp3) is 0.391. The summed E-state index contributed by atoms with van der Waals surface area (Å²) in [6, 6.07) is 14.4. The molecule has 0 aliphatic carbocycles. The summed E-state index contributed by atoms with van der Waals surface area (Å²) < 4.78 is 5.70. The number of halogens is 1. The highest BCUT2D eigenvalue weighted by atomic mass is 35.5. The Morgan fingerprint density at radius 2 is 1.62 bits per heavy atom. The molecule has 0 heterocycles. The van der Waals surface area contributed by atoms with Gasteiger partial charge in [0.05, 0.1) is 0 Å². The second kappa shape index (κ2) is 11.5. The van der Waals surface area contributed by atoms with E-state index in [4.69, 9.17) is 16.3 Å². The molecule has 0 aliphatic heterocycles. The first-order valence-electron chi connectivity index (χ1n) is 10.0. The number of rotatable bonds is 10. The normalized spacial score (nSPS) is 11.6. The SMILES string of the molecule is CCNC(=O)[C@H](CC)N(Cc1ccc(Cl)cc1)C(=O)COc1ccc(CC)cc1. The van der Waals surface area contributed by atoms with Crippen LogP contribution in [-0.4, -0.2) is 35.9 Å². The molecule has 156 valence electrons. The Morgan fingerprint density at radius 3 is 2.17 bits per heavy atom. The van der Waals surface area contributed by atoms with E-state index < -0.39 is 6.04 Å². The smallest absolute Gasteiger partial charge is 0.261 e. The predicted octanol–water partition coefficient (Wildman–Crippen LogP) is 4.22. The number of nitrogens with one attached hydrogen (secondary N) is 1. The predicted molar refractivity (Wildman–Crippen MR) is 116 cm³/mol. The number of benzene rings is 2. The van der Waals surface area contributed by atoms with Gasteiger partial charge in [-0.2, -0.15) is 0 Å². The highest BCUT2D eigenvalue weighted by Gasteiger charge is 2.28. The van der Waals surface area contributed by atoms with Crippen LogP contribution in [0.3, 0.4) is 0 Å². The molecule has 2 aromatic carbocycles. The monoisotopic (exact) mass is 416 g/mol. The van der Waals surface area contributed by atoms with Crippen LogP contribution >= 0.6 is 11.6 Å². The Balaban J connectivity index is 2.15. The Labute approximate surface area is 178 Å². The Morgan fingerprint density at radius 1 is 1.00 bits per heavy atom. The van der Waals surface area contributed by atoms with E-state index in [-0.39, 0.29) is 18.4 Å². The van der Waals surface area contributed by atoms with Gasteiger partial charge in [-0.05, 0) is 55.2 Å². The standard InChI is InChI=1S/C23H29ClN2O3/c1-4-17-9-13-20(14-10-17)29-16-22(27)26(21(5-2)23(28)25-6-3)15-18-7-11-19(24)12-8-18/h7-14,21H,4-6,15-16H2,1-3H3,(H,25,28)/t21-/m0/s1. The van der Waals surface area contributed by atoms with Gasteiger partial charge >= 0.3 is 0 Å². The van der Waals surface area contributed by atoms with E-state index in [1.54, 1.807) is 17.0 Å². The number of likely N-dealkylation sites (N-methyl/N-ethyl adjacent to an activating group) is 1. The summed E-state index contributed by atoms with van der Waals surface area (Å²) in [7, 11) is 0. The van der Waals surface area contributed by atoms with Crippen molar-refractivity contribution in [3.05, 3.63) is 64.7 Å². The lowest BCUT2D eigenvalue weighted by molar-refractivity contribution is -0.142. The van der Waals surface area contributed by atoms with Gasteiger partial charge < -0.3 is 15.0 Å². The van der Waals surface area contributed by atoms with Crippen molar-refractivity contribution in [1.82, 2.24) is 10.2 Å². The average molecular weight is 417 g/mol. The van der Waals surface area contributed by atoms with Gasteiger partial charge in [0.1, 0.15) is 11.8 Å². The zero-order valence-corrected chi connectivity index (χ0v) is 18.0. The third-order valence-corrected chi connectivity index (χ3v) is 4.95. The average Bonchev–Trinajstić information content (AvgIpc) is 2.73. The first-order chi connectivity index (χ1) is 14.0. The maximum atomic E-state index is 13.0. The van der Waals surface area contributed by atoms with Crippen LogP contribution in [0.1, 0.15) is 38.3 Å². The van der Waals surface area contributed by atoms with Crippen LogP contribution < -0.4 is 10.1 Å².